The number of hydrogen-bond acceptors (Lipinski definition) is 7. The minimum Gasteiger partial charge on any atom is -0.296 e. The minimum atomic E-state index is -3.36. The van der Waals surface area contributed by atoms with Gasteiger partial charge in [0.2, 0.25) is 15.2 Å². The zero-order valence-corrected chi connectivity index (χ0v) is 16.1. The number of hydrogen-bond donors (Lipinski definition) is 2. The van der Waals surface area contributed by atoms with Crippen molar-refractivity contribution in [2.75, 3.05) is 16.3 Å². The van der Waals surface area contributed by atoms with Crippen LogP contribution in [0.15, 0.2) is 22.5 Å². The number of rotatable bonds is 6. The number of amides is 1. The molecule has 2 aromatic rings. The number of anilines is 2. The van der Waals surface area contributed by atoms with Crippen molar-refractivity contribution in [2.45, 2.75) is 30.4 Å². The molecule has 0 fully saturated rings. The van der Waals surface area contributed by atoms with Crippen LogP contribution >= 0.6 is 23.1 Å². The van der Waals surface area contributed by atoms with Crippen molar-refractivity contribution >= 4 is 49.8 Å². The van der Waals surface area contributed by atoms with Crippen molar-refractivity contribution in [3.8, 4) is 0 Å². The van der Waals surface area contributed by atoms with Gasteiger partial charge >= 0.3 is 0 Å². The summed E-state index contributed by atoms with van der Waals surface area (Å²) in [4.78, 5) is 12.3. The van der Waals surface area contributed by atoms with Crippen LogP contribution in [0.1, 0.15) is 29.8 Å². The Bertz CT molecular complexity index is 847. The molecule has 0 radical (unpaired) electrons. The van der Waals surface area contributed by atoms with E-state index in [-0.39, 0.29) is 5.91 Å². The molecule has 0 aliphatic heterocycles. The number of sulfonamides is 1. The van der Waals surface area contributed by atoms with Gasteiger partial charge in [0.1, 0.15) is 0 Å². The molecule has 24 heavy (non-hydrogen) atoms. The summed E-state index contributed by atoms with van der Waals surface area (Å²) in [7, 11) is -3.36. The van der Waals surface area contributed by atoms with E-state index < -0.39 is 10.0 Å². The predicted molar refractivity (Wildman–Crippen MR) is 98.5 cm³/mol. The highest BCUT2D eigenvalue weighted by Gasteiger charge is 2.13. The maximum Gasteiger partial charge on any atom is 0.257 e. The van der Waals surface area contributed by atoms with Crippen LogP contribution < -0.4 is 10.0 Å². The molecule has 0 aliphatic carbocycles. The standard InChI is InChI=1S/C14H18N4O3S3/c1-8(2)22-14-17-16-13(23-14)15-12(19)10-5-6-11(9(3)7-10)18-24(4,20)21/h5-8,18H,1-4H3,(H,15,16,19). The van der Waals surface area contributed by atoms with Gasteiger partial charge in [0, 0.05) is 10.8 Å². The summed E-state index contributed by atoms with van der Waals surface area (Å²) >= 11 is 2.90. The average Bonchev–Trinajstić information content (AvgIpc) is 2.85. The van der Waals surface area contributed by atoms with E-state index in [4.69, 9.17) is 0 Å². The molecule has 0 saturated carbocycles. The van der Waals surface area contributed by atoms with E-state index in [0.29, 0.717) is 27.2 Å². The van der Waals surface area contributed by atoms with Crippen LogP contribution in [0.5, 0.6) is 0 Å². The van der Waals surface area contributed by atoms with Gasteiger partial charge in [0.25, 0.3) is 5.91 Å². The van der Waals surface area contributed by atoms with Crippen LogP contribution in [0.2, 0.25) is 0 Å². The van der Waals surface area contributed by atoms with Crippen molar-refractivity contribution in [1.29, 1.82) is 0 Å². The highest BCUT2D eigenvalue weighted by atomic mass is 32.2. The van der Waals surface area contributed by atoms with Gasteiger partial charge in [0.05, 0.1) is 11.9 Å². The zero-order valence-electron chi connectivity index (χ0n) is 13.7. The second kappa shape index (κ2) is 7.49. The largest absolute Gasteiger partial charge is 0.296 e. The number of carbonyl (C=O) groups is 1. The highest BCUT2D eigenvalue weighted by molar-refractivity contribution is 8.01. The second-order valence-corrected chi connectivity index (χ2v) is 9.95. The Labute approximate surface area is 149 Å². The fourth-order valence-corrected chi connectivity index (χ4v) is 4.40. The molecule has 2 N–H and O–H groups in total. The zero-order chi connectivity index (χ0) is 17.9. The third kappa shape index (κ3) is 5.46. The highest BCUT2D eigenvalue weighted by Crippen LogP contribution is 2.28. The summed E-state index contributed by atoms with van der Waals surface area (Å²) in [6.45, 7) is 5.84. The first-order chi connectivity index (χ1) is 11.1. The molecule has 2 rings (SSSR count). The van der Waals surface area contributed by atoms with Gasteiger partial charge in [-0.25, -0.2) is 8.42 Å². The van der Waals surface area contributed by atoms with Crippen LogP contribution in [0, 0.1) is 6.92 Å². The topological polar surface area (TPSA) is 101 Å². The molecule has 0 unspecified atom stereocenters. The third-order valence-electron chi connectivity index (χ3n) is 2.75. The van der Waals surface area contributed by atoms with Gasteiger partial charge in [-0.05, 0) is 30.7 Å². The smallest absolute Gasteiger partial charge is 0.257 e. The lowest BCUT2D eigenvalue weighted by atomic mass is 10.1. The quantitative estimate of drug-likeness (QED) is 0.585. The van der Waals surface area contributed by atoms with E-state index in [1.165, 1.54) is 11.3 Å². The van der Waals surface area contributed by atoms with Gasteiger partial charge in [0.15, 0.2) is 4.34 Å². The number of carbonyl (C=O) groups excluding carboxylic acids is 1. The second-order valence-electron chi connectivity index (χ2n) is 5.40. The number of nitrogens with one attached hydrogen (secondary N) is 2. The fourth-order valence-electron chi connectivity index (χ4n) is 1.80. The molecule has 7 nitrogen and oxygen atoms in total. The monoisotopic (exact) mass is 386 g/mol. The summed E-state index contributed by atoms with van der Waals surface area (Å²) in [6, 6.07) is 4.74. The molecule has 0 atom stereocenters. The van der Waals surface area contributed by atoms with Crippen molar-refractivity contribution in [2.24, 2.45) is 0 Å². The maximum absolute atomic E-state index is 12.3. The normalized spacial score (nSPS) is 11.5. The van der Waals surface area contributed by atoms with Crippen LogP contribution in [-0.2, 0) is 10.0 Å². The average molecular weight is 387 g/mol. The fraction of sp³-hybridized carbons (Fsp3) is 0.357. The van der Waals surface area contributed by atoms with E-state index >= 15 is 0 Å². The van der Waals surface area contributed by atoms with Gasteiger partial charge < -0.3 is 0 Å². The van der Waals surface area contributed by atoms with Crippen LogP contribution in [0.3, 0.4) is 0 Å². The molecule has 0 aliphatic rings. The number of nitrogens with zero attached hydrogens (tertiary/aromatic N) is 2. The Morgan fingerprint density at radius 3 is 2.58 bits per heavy atom. The number of aromatic nitrogens is 2. The van der Waals surface area contributed by atoms with Gasteiger partial charge in [-0.3, -0.25) is 14.8 Å². The molecule has 0 spiro atoms. The lowest BCUT2D eigenvalue weighted by Gasteiger charge is -2.09. The van der Waals surface area contributed by atoms with E-state index in [2.05, 4.69) is 34.1 Å². The third-order valence-corrected chi connectivity index (χ3v) is 5.26. The predicted octanol–water partition coefficient (Wildman–Crippen LogP) is 2.97. The molecule has 1 heterocycles. The Balaban J connectivity index is 2.10. The maximum atomic E-state index is 12.3. The Morgan fingerprint density at radius 1 is 1.29 bits per heavy atom. The lowest BCUT2D eigenvalue weighted by molar-refractivity contribution is 0.102. The molecular formula is C14H18N4O3S3. The first-order valence-corrected chi connectivity index (χ1v) is 10.6. The summed E-state index contributed by atoms with van der Waals surface area (Å²) < 4.78 is 25.8. The van der Waals surface area contributed by atoms with Crippen molar-refractivity contribution < 1.29 is 13.2 Å². The van der Waals surface area contributed by atoms with Gasteiger partial charge in [-0.1, -0.05) is 36.9 Å². The lowest BCUT2D eigenvalue weighted by Crippen LogP contribution is -2.14. The van der Waals surface area contributed by atoms with Crippen molar-refractivity contribution in [1.82, 2.24) is 10.2 Å². The van der Waals surface area contributed by atoms with Gasteiger partial charge in [-0.2, -0.15) is 0 Å². The molecule has 0 saturated heterocycles. The molecular weight excluding hydrogens is 368 g/mol. The Morgan fingerprint density at radius 2 is 2.00 bits per heavy atom. The molecule has 10 heteroatoms. The SMILES string of the molecule is Cc1cc(C(=O)Nc2nnc(SC(C)C)s2)ccc1NS(C)(=O)=O. The molecule has 1 amide bonds. The Hall–Kier alpha value is -1.65. The summed E-state index contributed by atoms with van der Waals surface area (Å²) in [5.74, 6) is -0.318. The van der Waals surface area contributed by atoms with E-state index in [0.717, 1.165) is 10.6 Å². The summed E-state index contributed by atoms with van der Waals surface area (Å²) in [5.41, 5.74) is 1.52. The molecule has 130 valence electrons. The van der Waals surface area contributed by atoms with E-state index in [9.17, 15) is 13.2 Å². The van der Waals surface area contributed by atoms with E-state index in [1.807, 2.05) is 0 Å². The number of thioether (sulfide) groups is 1. The van der Waals surface area contributed by atoms with Crippen LogP contribution in [0.25, 0.3) is 0 Å². The molecule has 0 bridgehead atoms. The number of benzene rings is 1. The number of aryl methyl sites for hydroxylation is 1. The first-order valence-electron chi connectivity index (χ1n) is 7.04. The van der Waals surface area contributed by atoms with Crippen LogP contribution in [-0.4, -0.2) is 36.0 Å². The summed E-state index contributed by atoms with van der Waals surface area (Å²) in [5, 5.41) is 11.5. The minimum absolute atomic E-state index is 0.318. The Kier molecular flexibility index (Phi) is 5.83. The van der Waals surface area contributed by atoms with Crippen LogP contribution in [0.4, 0.5) is 10.8 Å². The first kappa shape index (κ1) is 18.7. The van der Waals surface area contributed by atoms with Crippen molar-refractivity contribution in [3.05, 3.63) is 29.3 Å². The van der Waals surface area contributed by atoms with E-state index in [1.54, 1.807) is 36.9 Å². The molecule has 1 aromatic carbocycles. The van der Waals surface area contributed by atoms with Crippen molar-refractivity contribution in [3.63, 3.8) is 0 Å². The van der Waals surface area contributed by atoms with Gasteiger partial charge in [-0.15, -0.1) is 10.2 Å². The summed E-state index contributed by atoms with van der Waals surface area (Å²) in [6.07, 6.45) is 1.08. The molecule has 1 aromatic heterocycles.